The van der Waals surface area contributed by atoms with Gasteiger partial charge in [0.25, 0.3) is 0 Å². The van der Waals surface area contributed by atoms with Gasteiger partial charge in [0, 0.05) is 6.42 Å². The maximum atomic E-state index is 11.9. The smallest absolute Gasteiger partial charge is 0.242 e. The molecule has 1 aromatic carbocycles. The summed E-state index contributed by atoms with van der Waals surface area (Å²) in [5, 5.41) is 0. The highest BCUT2D eigenvalue weighted by Crippen LogP contribution is 2.38. The minimum absolute atomic E-state index is 0.0681. The first kappa shape index (κ1) is 18.6. The zero-order valence-corrected chi connectivity index (χ0v) is 14.2. The van der Waals surface area contributed by atoms with Crippen LogP contribution in [0.25, 0.3) is 0 Å². The van der Waals surface area contributed by atoms with Crippen LogP contribution in [-0.4, -0.2) is 33.1 Å². The molecule has 2 N–H and O–H groups in total. The molecule has 0 spiro atoms. The number of ether oxygens (including phenoxy) is 3. The fourth-order valence-corrected chi connectivity index (χ4v) is 2.03. The second-order valence-electron chi connectivity index (χ2n) is 5.40. The molecular weight excluding hydrogens is 300 g/mol. The standard InChI is InChI=1S/C16H24N2O5/c1-10(2)6-14(19)17-18-15(20)9-11-7-12(21-3)16(23-5)13(8-11)22-4/h7-8,10H,6,9H2,1-5H3,(H,17,19)(H,18,20). The fraction of sp³-hybridized carbons (Fsp3) is 0.500. The molecule has 0 aromatic heterocycles. The van der Waals surface area contributed by atoms with Gasteiger partial charge in [-0.3, -0.25) is 20.4 Å². The minimum Gasteiger partial charge on any atom is -0.493 e. The highest BCUT2D eigenvalue weighted by atomic mass is 16.5. The van der Waals surface area contributed by atoms with Crippen LogP contribution in [0, 0.1) is 5.92 Å². The number of benzene rings is 1. The van der Waals surface area contributed by atoms with Gasteiger partial charge in [0.2, 0.25) is 17.6 Å². The van der Waals surface area contributed by atoms with Crippen LogP contribution in [0.2, 0.25) is 0 Å². The van der Waals surface area contributed by atoms with Crippen LogP contribution in [0.15, 0.2) is 12.1 Å². The average molecular weight is 324 g/mol. The summed E-state index contributed by atoms with van der Waals surface area (Å²) in [6.45, 7) is 3.86. The SMILES string of the molecule is COc1cc(CC(=O)NNC(=O)CC(C)C)cc(OC)c1OC. The van der Waals surface area contributed by atoms with E-state index in [-0.39, 0.29) is 24.2 Å². The van der Waals surface area contributed by atoms with E-state index in [0.717, 1.165) is 0 Å². The molecule has 0 aliphatic heterocycles. The summed E-state index contributed by atoms with van der Waals surface area (Å²) in [6.07, 6.45) is 0.420. The van der Waals surface area contributed by atoms with Gasteiger partial charge in [-0.05, 0) is 23.6 Å². The Morgan fingerprint density at radius 1 is 0.957 bits per heavy atom. The van der Waals surface area contributed by atoms with Crippen molar-refractivity contribution in [3.8, 4) is 17.2 Å². The van der Waals surface area contributed by atoms with Crippen molar-refractivity contribution < 1.29 is 23.8 Å². The number of methoxy groups -OCH3 is 3. The Labute approximate surface area is 136 Å². The monoisotopic (exact) mass is 324 g/mol. The maximum Gasteiger partial charge on any atom is 0.242 e. The van der Waals surface area contributed by atoms with Crippen molar-refractivity contribution in [2.75, 3.05) is 21.3 Å². The lowest BCUT2D eigenvalue weighted by molar-refractivity contribution is -0.129. The molecule has 1 aromatic rings. The third kappa shape index (κ3) is 5.69. The number of hydrogen-bond acceptors (Lipinski definition) is 5. The summed E-state index contributed by atoms with van der Waals surface area (Å²) in [5.74, 6) is 1.07. The summed E-state index contributed by atoms with van der Waals surface area (Å²) in [6, 6.07) is 3.38. The van der Waals surface area contributed by atoms with Crippen molar-refractivity contribution in [3.05, 3.63) is 17.7 Å². The Morgan fingerprint density at radius 3 is 1.91 bits per heavy atom. The molecule has 0 aliphatic rings. The quantitative estimate of drug-likeness (QED) is 0.742. The summed E-state index contributed by atoms with van der Waals surface area (Å²) in [4.78, 5) is 23.4. The molecule has 0 unspecified atom stereocenters. The summed E-state index contributed by atoms with van der Waals surface area (Å²) < 4.78 is 15.7. The predicted molar refractivity (Wildman–Crippen MR) is 85.5 cm³/mol. The Balaban J connectivity index is 2.73. The van der Waals surface area contributed by atoms with Crippen molar-refractivity contribution in [2.24, 2.45) is 5.92 Å². The van der Waals surface area contributed by atoms with E-state index in [1.165, 1.54) is 21.3 Å². The molecule has 7 nitrogen and oxygen atoms in total. The van der Waals surface area contributed by atoms with Gasteiger partial charge in [-0.15, -0.1) is 0 Å². The number of rotatable bonds is 7. The van der Waals surface area contributed by atoms with Crippen molar-refractivity contribution in [1.29, 1.82) is 0 Å². The van der Waals surface area contributed by atoms with E-state index in [0.29, 0.717) is 29.2 Å². The average Bonchev–Trinajstić information content (AvgIpc) is 2.51. The van der Waals surface area contributed by atoms with Crippen LogP contribution in [0.5, 0.6) is 17.2 Å². The normalized spacial score (nSPS) is 10.2. The molecule has 0 bridgehead atoms. The van der Waals surface area contributed by atoms with Crippen LogP contribution in [0.3, 0.4) is 0 Å². The molecule has 128 valence electrons. The lowest BCUT2D eigenvalue weighted by Gasteiger charge is -2.14. The molecule has 0 atom stereocenters. The van der Waals surface area contributed by atoms with Crippen molar-refractivity contribution in [1.82, 2.24) is 10.9 Å². The molecule has 0 heterocycles. The molecular formula is C16H24N2O5. The third-order valence-corrected chi connectivity index (χ3v) is 3.02. The van der Waals surface area contributed by atoms with E-state index in [2.05, 4.69) is 10.9 Å². The Hall–Kier alpha value is -2.44. The molecule has 23 heavy (non-hydrogen) atoms. The van der Waals surface area contributed by atoms with Gasteiger partial charge in [0.15, 0.2) is 11.5 Å². The number of amides is 2. The number of hydrazine groups is 1. The Bertz CT molecular complexity index is 532. The number of carbonyl (C=O) groups excluding carboxylic acids is 2. The summed E-state index contributed by atoms with van der Waals surface area (Å²) in [5.41, 5.74) is 5.45. The highest BCUT2D eigenvalue weighted by Gasteiger charge is 2.15. The second-order valence-corrected chi connectivity index (χ2v) is 5.40. The Morgan fingerprint density at radius 2 is 1.48 bits per heavy atom. The number of hydrogen-bond donors (Lipinski definition) is 2. The minimum atomic E-state index is -0.337. The van der Waals surface area contributed by atoms with Gasteiger partial charge < -0.3 is 14.2 Å². The van der Waals surface area contributed by atoms with Crippen LogP contribution >= 0.6 is 0 Å². The largest absolute Gasteiger partial charge is 0.493 e. The van der Waals surface area contributed by atoms with Crippen molar-refractivity contribution in [3.63, 3.8) is 0 Å². The van der Waals surface area contributed by atoms with Gasteiger partial charge in [-0.25, -0.2) is 0 Å². The van der Waals surface area contributed by atoms with E-state index in [9.17, 15) is 9.59 Å². The van der Waals surface area contributed by atoms with E-state index in [1.807, 2.05) is 13.8 Å². The summed E-state index contributed by atoms with van der Waals surface area (Å²) in [7, 11) is 4.53. The molecule has 0 saturated carbocycles. The molecule has 0 saturated heterocycles. The van der Waals surface area contributed by atoms with Gasteiger partial charge in [0.05, 0.1) is 27.8 Å². The first-order valence-electron chi connectivity index (χ1n) is 7.27. The van der Waals surface area contributed by atoms with E-state index in [1.54, 1.807) is 12.1 Å². The second kappa shape index (κ2) is 8.87. The Kier molecular flexibility index (Phi) is 7.18. The molecule has 7 heteroatoms. The molecule has 0 radical (unpaired) electrons. The zero-order valence-electron chi connectivity index (χ0n) is 14.2. The molecule has 0 fully saturated rings. The number of nitrogens with one attached hydrogen (secondary N) is 2. The highest BCUT2D eigenvalue weighted by molar-refractivity contribution is 5.83. The van der Waals surface area contributed by atoms with Crippen LogP contribution < -0.4 is 25.1 Å². The first-order valence-corrected chi connectivity index (χ1v) is 7.27. The zero-order chi connectivity index (χ0) is 17.4. The fourth-order valence-electron chi connectivity index (χ4n) is 2.03. The topological polar surface area (TPSA) is 85.9 Å². The van der Waals surface area contributed by atoms with Crippen LogP contribution in [0.1, 0.15) is 25.8 Å². The number of carbonyl (C=O) groups is 2. The van der Waals surface area contributed by atoms with E-state index in [4.69, 9.17) is 14.2 Å². The van der Waals surface area contributed by atoms with Gasteiger partial charge in [0.1, 0.15) is 0 Å². The third-order valence-electron chi connectivity index (χ3n) is 3.02. The van der Waals surface area contributed by atoms with Crippen molar-refractivity contribution >= 4 is 11.8 Å². The van der Waals surface area contributed by atoms with E-state index >= 15 is 0 Å². The predicted octanol–water partition coefficient (Wildman–Crippen LogP) is 1.45. The van der Waals surface area contributed by atoms with Gasteiger partial charge in [-0.2, -0.15) is 0 Å². The van der Waals surface area contributed by atoms with E-state index < -0.39 is 0 Å². The lowest BCUT2D eigenvalue weighted by atomic mass is 10.1. The summed E-state index contributed by atoms with van der Waals surface area (Å²) >= 11 is 0. The lowest BCUT2D eigenvalue weighted by Crippen LogP contribution is -2.42. The van der Waals surface area contributed by atoms with Crippen LogP contribution in [0.4, 0.5) is 0 Å². The van der Waals surface area contributed by atoms with Gasteiger partial charge >= 0.3 is 0 Å². The van der Waals surface area contributed by atoms with Crippen molar-refractivity contribution in [2.45, 2.75) is 26.7 Å². The first-order chi connectivity index (χ1) is 10.9. The molecule has 0 aliphatic carbocycles. The molecule has 1 rings (SSSR count). The molecule has 2 amide bonds. The van der Waals surface area contributed by atoms with Crippen LogP contribution in [-0.2, 0) is 16.0 Å². The van der Waals surface area contributed by atoms with Gasteiger partial charge in [-0.1, -0.05) is 13.8 Å². The maximum absolute atomic E-state index is 11.9.